The van der Waals surface area contributed by atoms with Crippen molar-refractivity contribution < 1.29 is 4.74 Å². The van der Waals surface area contributed by atoms with E-state index in [2.05, 4.69) is 42.6 Å². The highest BCUT2D eigenvalue weighted by molar-refractivity contribution is 5.18. The number of methoxy groups -OCH3 is 1. The maximum absolute atomic E-state index is 5.33. The Morgan fingerprint density at radius 2 is 1.52 bits per heavy atom. The molecule has 0 unspecified atom stereocenters. The van der Waals surface area contributed by atoms with Crippen LogP contribution < -0.4 is 5.32 Å². The fourth-order valence-electron chi connectivity index (χ4n) is 2.66. The van der Waals surface area contributed by atoms with Gasteiger partial charge in [-0.05, 0) is 18.5 Å². The number of nitrogens with one attached hydrogen (secondary N) is 1. The number of unbranched alkanes of at least 4 members (excludes halogenated alkanes) is 7. The van der Waals surface area contributed by atoms with Crippen LogP contribution in [0, 0.1) is 0 Å². The Bertz CT molecular complexity index is 326. The van der Waals surface area contributed by atoms with Gasteiger partial charge in [-0.3, -0.25) is 0 Å². The minimum Gasteiger partial charge on any atom is -0.383 e. The van der Waals surface area contributed by atoms with E-state index in [0.29, 0.717) is 6.04 Å². The molecule has 0 radical (unpaired) electrons. The van der Waals surface area contributed by atoms with Crippen molar-refractivity contribution in [1.29, 1.82) is 0 Å². The zero-order valence-corrected chi connectivity index (χ0v) is 13.9. The predicted octanol–water partition coefficient (Wildman–Crippen LogP) is 5.10. The first-order valence-electron chi connectivity index (χ1n) is 8.65. The van der Waals surface area contributed by atoms with Crippen molar-refractivity contribution in [2.75, 3.05) is 20.3 Å². The van der Waals surface area contributed by atoms with Crippen molar-refractivity contribution >= 4 is 0 Å². The van der Waals surface area contributed by atoms with E-state index >= 15 is 0 Å². The second-order valence-electron chi connectivity index (χ2n) is 5.85. The van der Waals surface area contributed by atoms with Gasteiger partial charge in [-0.2, -0.15) is 0 Å². The number of benzene rings is 1. The molecule has 0 fully saturated rings. The van der Waals surface area contributed by atoms with E-state index < -0.39 is 0 Å². The van der Waals surface area contributed by atoms with Crippen LogP contribution in [0.4, 0.5) is 0 Å². The second kappa shape index (κ2) is 12.8. The van der Waals surface area contributed by atoms with Gasteiger partial charge >= 0.3 is 0 Å². The van der Waals surface area contributed by atoms with Crippen LogP contribution in [0.3, 0.4) is 0 Å². The summed E-state index contributed by atoms with van der Waals surface area (Å²) < 4.78 is 5.33. The molecule has 0 saturated heterocycles. The smallest absolute Gasteiger partial charge is 0.0657 e. The molecule has 0 aromatic heterocycles. The minimum atomic E-state index is 0.320. The van der Waals surface area contributed by atoms with Crippen molar-refractivity contribution in [3.63, 3.8) is 0 Å². The lowest BCUT2D eigenvalue weighted by molar-refractivity contribution is 0.166. The number of hydrogen-bond acceptors (Lipinski definition) is 2. The van der Waals surface area contributed by atoms with Crippen LogP contribution >= 0.6 is 0 Å². The van der Waals surface area contributed by atoms with E-state index in [0.717, 1.165) is 13.2 Å². The molecule has 0 spiro atoms. The average molecular weight is 291 g/mol. The Morgan fingerprint density at radius 3 is 2.14 bits per heavy atom. The van der Waals surface area contributed by atoms with Gasteiger partial charge in [-0.15, -0.1) is 0 Å². The summed E-state index contributed by atoms with van der Waals surface area (Å²) in [7, 11) is 1.77. The molecule has 0 amide bonds. The first-order valence-corrected chi connectivity index (χ1v) is 8.65. The maximum atomic E-state index is 5.33. The van der Waals surface area contributed by atoms with Crippen LogP contribution in [0.25, 0.3) is 0 Å². The van der Waals surface area contributed by atoms with E-state index in [1.165, 1.54) is 56.9 Å². The first kappa shape index (κ1) is 18.2. The molecule has 0 aliphatic carbocycles. The van der Waals surface area contributed by atoms with Gasteiger partial charge < -0.3 is 10.1 Å². The third kappa shape index (κ3) is 8.90. The molecule has 0 aliphatic rings. The standard InChI is InChI=1S/C19H33NO/c1-3-4-5-6-7-8-9-13-16-20-19(17-21-2)18-14-11-10-12-15-18/h10-12,14-15,19-20H,3-9,13,16-17H2,1-2H3/t19-/m0/s1. The third-order valence-electron chi connectivity index (χ3n) is 3.96. The number of hydrogen-bond donors (Lipinski definition) is 1. The molecule has 1 N–H and O–H groups in total. The number of rotatable bonds is 13. The fourth-order valence-corrected chi connectivity index (χ4v) is 2.66. The lowest BCUT2D eigenvalue weighted by atomic mass is 10.1. The molecular formula is C19H33NO. The van der Waals surface area contributed by atoms with Crippen molar-refractivity contribution in [3.05, 3.63) is 35.9 Å². The van der Waals surface area contributed by atoms with E-state index in [9.17, 15) is 0 Å². The van der Waals surface area contributed by atoms with Crippen LogP contribution in [0.5, 0.6) is 0 Å². The quantitative estimate of drug-likeness (QED) is 0.510. The first-order chi connectivity index (χ1) is 10.4. The normalized spacial score (nSPS) is 12.5. The summed E-state index contributed by atoms with van der Waals surface area (Å²) in [6.45, 7) is 4.09. The summed E-state index contributed by atoms with van der Waals surface area (Å²) in [4.78, 5) is 0. The zero-order valence-electron chi connectivity index (χ0n) is 13.9. The Kier molecular flexibility index (Phi) is 11.1. The summed E-state index contributed by atoms with van der Waals surface area (Å²) in [5.41, 5.74) is 1.32. The Labute approximate surface area is 131 Å². The highest BCUT2D eigenvalue weighted by Gasteiger charge is 2.09. The lowest BCUT2D eigenvalue weighted by Gasteiger charge is -2.18. The van der Waals surface area contributed by atoms with Gasteiger partial charge in [-0.25, -0.2) is 0 Å². The van der Waals surface area contributed by atoms with Gasteiger partial charge in [0, 0.05) is 7.11 Å². The predicted molar refractivity (Wildman–Crippen MR) is 91.7 cm³/mol. The summed E-state index contributed by atoms with van der Waals surface area (Å²) >= 11 is 0. The van der Waals surface area contributed by atoms with E-state index in [1.807, 2.05) is 0 Å². The molecule has 1 aromatic carbocycles. The molecule has 2 nitrogen and oxygen atoms in total. The maximum Gasteiger partial charge on any atom is 0.0657 e. The van der Waals surface area contributed by atoms with E-state index in [-0.39, 0.29) is 0 Å². The molecule has 0 bridgehead atoms. The van der Waals surface area contributed by atoms with Gasteiger partial charge in [0.05, 0.1) is 12.6 Å². The third-order valence-corrected chi connectivity index (χ3v) is 3.96. The summed E-state index contributed by atoms with van der Waals surface area (Å²) in [6, 6.07) is 10.9. The monoisotopic (exact) mass is 291 g/mol. The zero-order chi connectivity index (χ0) is 15.2. The van der Waals surface area contributed by atoms with Crippen LogP contribution in [-0.4, -0.2) is 20.3 Å². The molecule has 2 heteroatoms. The Morgan fingerprint density at radius 1 is 0.905 bits per heavy atom. The molecule has 0 heterocycles. The SMILES string of the molecule is CCCCCCCCCCN[C@@H](COC)c1ccccc1. The van der Waals surface area contributed by atoms with Gasteiger partial charge in [0.15, 0.2) is 0 Å². The average Bonchev–Trinajstić information content (AvgIpc) is 2.53. The molecule has 1 rings (SSSR count). The van der Waals surface area contributed by atoms with Gasteiger partial charge in [-0.1, -0.05) is 82.2 Å². The molecule has 1 atom stereocenters. The van der Waals surface area contributed by atoms with E-state index in [1.54, 1.807) is 7.11 Å². The molecule has 21 heavy (non-hydrogen) atoms. The van der Waals surface area contributed by atoms with Crippen LogP contribution in [0.15, 0.2) is 30.3 Å². The Balaban J connectivity index is 2.09. The topological polar surface area (TPSA) is 21.3 Å². The summed E-state index contributed by atoms with van der Waals surface area (Å²) in [6.07, 6.45) is 11.0. The summed E-state index contributed by atoms with van der Waals surface area (Å²) in [5.74, 6) is 0. The molecule has 0 saturated carbocycles. The largest absolute Gasteiger partial charge is 0.383 e. The summed E-state index contributed by atoms with van der Waals surface area (Å²) in [5, 5.41) is 3.62. The van der Waals surface area contributed by atoms with Crippen molar-refractivity contribution in [1.82, 2.24) is 5.32 Å². The lowest BCUT2D eigenvalue weighted by Crippen LogP contribution is -2.26. The van der Waals surface area contributed by atoms with Crippen LogP contribution in [0.2, 0.25) is 0 Å². The minimum absolute atomic E-state index is 0.320. The van der Waals surface area contributed by atoms with Gasteiger partial charge in [0.2, 0.25) is 0 Å². The van der Waals surface area contributed by atoms with Gasteiger partial charge in [0.25, 0.3) is 0 Å². The molecule has 120 valence electrons. The van der Waals surface area contributed by atoms with Crippen LogP contribution in [0.1, 0.15) is 69.9 Å². The van der Waals surface area contributed by atoms with Crippen molar-refractivity contribution in [2.45, 2.75) is 64.3 Å². The van der Waals surface area contributed by atoms with Crippen LogP contribution in [-0.2, 0) is 4.74 Å². The molecule has 1 aromatic rings. The van der Waals surface area contributed by atoms with Crippen molar-refractivity contribution in [3.8, 4) is 0 Å². The van der Waals surface area contributed by atoms with Crippen molar-refractivity contribution in [2.24, 2.45) is 0 Å². The Hall–Kier alpha value is -0.860. The number of ether oxygens (including phenoxy) is 1. The van der Waals surface area contributed by atoms with Gasteiger partial charge in [0.1, 0.15) is 0 Å². The molecular weight excluding hydrogens is 258 g/mol. The molecule has 0 aliphatic heterocycles. The van der Waals surface area contributed by atoms with E-state index in [4.69, 9.17) is 4.74 Å². The second-order valence-corrected chi connectivity index (χ2v) is 5.85. The highest BCUT2D eigenvalue weighted by atomic mass is 16.5. The highest BCUT2D eigenvalue weighted by Crippen LogP contribution is 2.13. The fraction of sp³-hybridized carbons (Fsp3) is 0.684.